The molecule has 6 nitrogen and oxygen atoms in total. The number of amides is 1. The zero-order valence-electron chi connectivity index (χ0n) is 19.1. The first kappa shape index (κ1) is 26.6. The number of morpholine rings is 1. The van der Waals surface area contributed by atoms with Gasteiger partial charge < -0.3 is 14.7 Å². The molecule has 1 N–H and O–H groups in total. The van der Waals surface area contributed by atoms with Crippen molar-refractivity contribution < 1.29 is 19.4 Å². The highest BCUT2D eigenvalue weighted by molar-refractivity contribution is 5.93. The Kier molecular flexibility index (Phi) is 13.0. The van der Waals surface area contributed by atoms with Gasteiger partial charge >= 0.3 is 5.97 Å². The Balaban J connectivity index is 0.00000171. The van der Waals surface area contributed by atoms with Gasteiger partial charge in [-0.25, -0.2) is 0 Å². The lowest BCUT2D eigenvalue weighted by Gasteiger charge is -2.34. The molecular weight excluding hydrogens is 356 g/mol. The standard InChI is InChI=1S/C18H30N2O4.2C2H6/c1-14(11-18(2,3)13-19-7-9-24-10-8-19)16(21)20-6-4-5-15(12-20)17(22)23;2*1-2/h11,15H,4-10,12-13H2,1-3H3,(H,22,23);2*1-2H3/b14-11+;;. The zero-order chi connectivity index (χ0) is 21.7. The lowest BCUT2D eigenvalue weighted by molar-refractivity contribution is -0.145. The Labute approximate surface area is 171 Å². The molecule has 2 rings (SSSR count). The molecule has 28 heavy (non-hydrogen) atoms. The van der Waals surface area contributed by atoms with E-state index in [0.717, 1.165) is 39.3 Å². The highest BCUT2D eigenvalue weighted by atomic mass is 16.5. The van der Waals surface area contributed by atoms with Crippen molar-refractivity contribution in [3.63, 3.8) is 0 Å². The Morgan fingerprint density at radius 1 is 1.11 bits per heavy atom. The predicted octanol–water partition coefficient (Wildman–Crippen LogP) is 3.67. The van der Waals surface area contributed by atoms with Crippen molar-refractivity contribution in [1.82, 2.24) is 9.80 Å². The summed E-state index contributed by atoms with van der Waals surface area (Å²) in [5.74, 6) is -1.27. The minimum Gasteiger partial charge on any atom is -0.481 e. The number of piperidine rings is 1. The minimum atomic E-state index is -0.804. The van der Waals surface area contributed by atoms with E-state index in [1.54, 1.807) is 4.90 Å². The fraction of sp³-hybridized carbons (Fsp3) is 0.818. The molecule has 1 amide bonds. The molecule has 0 radical (unpaired) electrons. The van der Waals surface area contributed by atoms with E-state index in [1.807, 2.05) is 40.7 Å². The van der Waals surface area contributed by atoms with E-state index in [1.165, 1.54) is 0 Å². The van der Waals surface area contributed by atoms with Crippen LogP contribution < -0.4 is 0 Å². The molecule has 0 aliphatic carbocycles. The molecule has 6 heteroatoms. The Hall–Kier alpha value is -1.40. The Morgan fingerprint density at radius 3 is 2.21 bits per heavy atom. The predicted molar refractivity (Wildman–Crippen MR) is 114 cm³/mol. The molecule has 2 aliphatic heterocycles. The van der Waals surface area contributed by atoms with Crippen LogP contribution >= 0.6 is 0 Å². The number of rotatable bonds is 5. The van der Waals surface area contributed by atoms with E-state index in [-0.39, 0.29) is 11.3 Å². The molecule has 0 spiro atoms. The average Bonchev–Trinajstić information content (AvgIpc) is 2.70. The van der Waals surface area contributed by atoms with Gasteiger partial charge in [0.1, 0.15) is 0 Å². The number of hydrogen-bond acceptors (Lipinski definition) is 4. The van der Waals surface area contributed by atoms with Crippen molar-refractivity contribution >= 4 is 11.9 Å². The number of ether oxygens (including phenoxy) is 1. The van der Waals surface area contributed by atoms with Crippen LogP contribution in [0, 0.1) is 11.3 Å². The second-order valence-corrected chi connectivity index (χ2v) is 7.63. The third-order valence-corrected chi connectivity index (χ3v) is 4.74. The monoisotopic (exact) mass is 398 g/mol. The summed E-state index contributed by atoms with van der Waals surface area (Å²) >= 11 is 0. The van der Waals surface area contributed by atoms with Gasteiger partial charge in [0.15, 0.2) is 0 Å². The maximum atomic E-state index is 12.7. The van der Waals surface area contributed by atoms with Crippen LogP contribution in [0.15, 0.2) is 11.6 Å². The average molecular weight is 399 g/mol. The van der Waals surface area contributed by atoms with Crippen molar-refractivity contribution in [3.05, 3.63) is 11.6 Å². The van der Waals surface area contributed by atoms with E-state index in [4.69, 9.17) is 4.74 Å². The third-order valence-electron chi connectivity index (χ3n) is 4.74. The molecule has 164 valence electrons. The lowest BCUT2D eigenvalue weighted by atomic mass is 9.89. The van der Waals surface area contributed by atoms with Crippen LogP contribution in [0.4, 0.5) is 0 Å². The number of likely N-dealkylation sites (tertiary alicyclic amines) is 1. The van der Waals surface area contributed by atoms with Gasteiger partial charge in [-0.15, -0.1) is 0 Å². The first-order valence-corrected chi connectivity index (χ1v) is 10.8. The maximum Gasteiger partial charge on any atom is 0.308 e. The van der Waals surface area contributed by atoms with Crippen molar-refractivity contribution in [3.8, 4) is 0 Å². The van der Waals surface area contributed by atoms with Gasteiger partial charge in [-0.3, -0.25) is 14.5 Å². The van der Waals surface area contributed by atoms with Gasteiger partial charge in [0.05, 0.1) is 19.1 Å². The number of carboxylic acids is 1. The van der Waals surface area contributed by atoms with E-state index in [0.29, 0.717) is 25.1 Å². The smallest absolute Gasteiger partial charge is 0.308 e. The topological polar surface area (TPSA) is 70.1 Å². The summed E-state index contributed by atoms with van der Waals surface area (Å²) in [7, 11) is 0. The number of nitrogens with zero attached hydrogens (tertiary/aromatic N) is 2. The minimum absolute atomic E-state index is 0.0315. The summed E-state index contributed by atoms with van der Waals surface area (Å²) < 4.78 is 5.38. The summed E-state index contributed by atoms with van der Waals surface area (Å²) in [5.41, 5.74) is 0.596. The zero-order valence-corrected chi connectivity index (χ0v) is 19.1. The van der Waals surface area contributed by atoms with E-state index in [2.05, 4.69) is 18.7 Å². The van der Waals surface area contributed by atoms with Crippen LogP contribution in [0.3, 0.4) is 0 Å². The van der Waals surface area contributed by atoms with Crippen LogP contribution in [-0.4, -0.2) is 72.7 Å². The largest absolute Gasteiger partial charge is 0.481 e. The fourth-order valence-electron chi connectivity index (χ4n) is 3.64. The van der Waals surface area contributed by atoms with Crippen LogP contribution in [0.1, 0.15) is 61.3 Å². The molecule has 0 bridgehead atoms. The van der Waals surface area contributed by atoms with Gasteiger partial charge in [-0.2, -0.15) is 0 Å². The SMILES string of the molecule is C/C(=C\C(C)(C)CN1CCOCC1)C(=O)N1CCCC(C(=O)O)C1.CC.CC. The molecule has 1 atom stereocenters. The first-order chi connectivity index (χ1) is 13.3. The number of carboxylic acid groups (broad SMARTS) is 1. The summed E-state index contributed by atoms with van der Waals surface area (Å²) in [6.45, 7) is 19.4. The molecule has 0 aromatic rings. The van der Waals surface area contributed by atoms with Crippen LogP contribution in [0.5, 0.6) is 0 Å². The highest BCUT2D eigenvalue weighted by Gasteiger charge is 2.29. The molecule has 2 heterocycles. The van der Waals surface area contributed by atoms with E-state index in [9.17, 15) is 14.7 Å². The third kappa shape index (κ3) is 9.20. The Morgan fingerprint density at radius 2 is 1.68 bits per heavy atom. The van der Waals surface area contributed by atoms with Crippen LogP contribution in [0.25, 0.3) is 0 Å². The fourth-order valence-corrected chi connectivity index (χ4v) is 3.64. The second kappa shape index (κ2) is 13.7. The molecule has 0 saturated carbocycles. The number of carbonyl (C=O) groups excluding carboxylic acids is 1. The van der Waals surface area contributed by atoms with Crippen molar-refractivity contribution in [2.24, 2.45) is 11.3 Å². The summed E-state index contributed by atoms with van der Waals surface area (Å²) in [4.78, 5) is 27.9. The van der Waals surface area contributed by atoms with Crippen molar-refractivity contribution in [2.45, 2.75) is 61.3 Å². The maximum absolute atomic E-state index is 12.7. The number of aliphatic carboxylic acids is 1. The first-order valence-electron chi connectivity index (χ1n) is 10.8. The molecular formula is C22H42N2O4. The van der Waals surface area contributed by atoms with Gasteiger partial charge in [0, 0.05) is 38.3 Å². The van der Waals surface area contributed by atoms with E-state index >= 15 is 0 Å². The summed E-state index contributed by atoms with van der Waals surface area (Å²) in [6, 6.07) is 0. The second-order valence-electron chi connectivity index (χ2n) is 7.63. The number of hydrogen-bond donors (Lipinski definition) is 1. The molecule has 1 unspecified atom stereocenters. The number of carbonyl (C=O) groups is 2. The highest BCUT2D eigenvalue weighted by Crippen LogP contribution is 2.24. The van der Waals surface area contributed by atoms with E-state index < -0.39 is 11.9 Å². The van der Waals surface area contributed by atoms with Gasteiger partial charge in [0.2, 0.25) is 5.91 Å². The van der Waals surface area contributed by atoms with Gasteiger partial charge in [0.25, 0.3) is 0 Å². The molecule has 2 saturated heterocycles. The van der Waals surface area contributed by atoms with Crippen molar-refractivity contribution in [1.29, 1.82) is 0 Å². The molecule has 2 fully saturated rings. The van der Waals surface area contributed by atoms with Crippen LogP contribution in [0.2, 0.25) is 0 Å². The van der Waals surface area contributed by atoms with Crippen LogP contribution in [-0.2, 0) is 14.3 Å². The summed E-state index contributed by atoms with van der Waals surface area (Å²) in [5, 5.41) is 9.18. The van der Waals surface area contributed by atoms with Gasteiger partial charge in [-0.05, 0) is 25.2 Å². The normalized spacial score (nSPS) is 21.0. The lowest BCUT2D eigenvalue weighted by Crippen LogP contribution is -2.43. The molecule has 0 aromatic heterocycles. The quantitative estimate of drug-likeness (QED) is 0.716. The summed E-state index contributed by atoms with van der Waals surface area (Å²) in [6.07, 6.45) is 3.45. The molecule has 0 aromatic carbocycles. The van der Waals surface area contributed by atoms with Crippen molar-refractivity contribution in [2.75, 3.05) is 45.9 Å². The Bertz CT molecular complexity index is 497. The van der Waals surface area contributed by atoms with Gasteiger partial charge in [-0.1, -0.05) is 47.6 Å². The molecule has 2 aliphatic rings.